The van der Waals surface area contributed by atoms with Crippen LogP contribution in [-0.4, -0.2) is 91.8 Å². The second-order valence-corrected chi connectivity index (χ2v) is 14.0. The minimum Gasteiger partial charge on any atom is -0.493 e. The van der Waals surface area contributed by atoms with Crippen molar-refractivity contribution in [3.8, 4) is 17.2 Å². The molecule has 0 bridgehead atoms. The quantitative estimate of drug-likeness (QED) is 0.0896. The lowest BCUT2D eigenvalue weighted by atomic mass is 9.76. The van der Waals surface area contributed by atoms with Crippen molar-refractivity contribution in [1.82, 2.24) is 19.4 Å². The summed E-state index contributed by atoms with van der Waals surface area (Å²) in [4.78, 5) is 37.3. The summed E-state index contributed by atoms with van der Waals surface area (Å²) in [5.74, 6) is 1.99. The Bertz CT molecular complexity index is 1810. The Morgan fingerprint density at radius 2 is 1.63 bits per heavy atom. The largest absolute Gasteiger partial charge is 0.493 e. The van der Waals surface area contributed by atoms with Crippen molar-refractivity contribution >= 4 is 22.7 Å². The summed E-state index contributed by atoms with van der Waals surface area (Å²) in [5, 5.41) is 0. The van der Waals surface area contributed by atoms with Crippen LogP contribution in [0.5, 0.6) is 17.2 Å². The number of amides is 1. The van der Waals surface area contributed by atoms with Crippen molar-refractivity contribution in [2.45, 2.75) is 58.5 Å². The number of hydrogen-bond acceptors (Lipinski definition) is 8. The van der Waals surface area contributed by atoms with Gasteiger partial charge in [-0.1, -0.05) is 24.3 Å². The van der Waals surface area contributed by atoms with Crippen molar-refractivity contribution in [1.29, 1.82) is 0 Å². The van der Waals surface area contributed by atoms with Gasteiger partial charge < -0.3 is 33.3 Å². The van der Waals surface area contributed by atoms with Gasteiger partial charge in [-0.15, -0.1) is 0 Å². The summed E-state index contributed by atoms with van der Waals surface area (Å²) >= 11 is 0. The fourth-order valence-electron chi connectivity index (χ4n) is 8.00. The van der Waals surface area contributed by atoms with Crippen LogP contribution in [0.3, 0.4) is 0 Å². The van der Waals surface area contributed by atoms with Gasteiger partial charge in [0.25, 0.3) is 0 Å². The number of benzene rings is 3. The standard InChI is InChI=1S/C41H51FN4O6/c1-5-52-24-23-46-34-10-7-6-9-33(34)43-39(46)37(47)31-15-20-44(21-16-31)19-8-17-41(27-29-11-13-32(42)14-12-29)18-22-45(40(41)48)28-30-25-35(49-2)38(51-4)36(26-30)50-3/h6-7,9-14,25-26,31H,5,8,15-24,27-28H2,1-4H3. The van der Waals surface area contributed by atoms with Gasteiger partial charge in [-0.05, 0) is 113 Å². The fourth-order valence-corrected chi connectivity index (χ4v) is 8.00. The van der Waals surface area contributed by atoms with Crippen LogP contribution in [0, 0.1) is 17.2 Å². The van der Waals surface area contributed by atoms with Crippen LogP contribution in [-0.2, 0) is 29.0 Å². The minimum absolute atomic E-state index is 0.0797. The maximum atomic E-state index is 14.3. The van der Waals surface area contributed by atoms with Crippen LogP contribution in [0.25, 0.3) is 11.0 Å². The highest BCUT2D eigenvalue weighted by Crippen LogP contribution is 2.43. The Morgan fingerprint density at radius 1 is 0.923 bits per heavy atom. The molecule has 1 atom stereocenters. The zero-order valence-electron chi connectivity index (χ0n) is 30.9. The topological polar surface area (TPSA) is 95.4 Å². The molecule has 0 N–H and O–H groups in total. The van der Waals surface area contributed by atoms with Crippen LogP contribution in [0.4, 0.5) is 4.39 Å². The number of fused-ring (bicyclic) bond motifs is 1. The number of nitrogens with zero attached hydrogens (tertiary/aromatic N) is 4. The van der Waals surface area contributed by atoms with E-state index in [1.165, 1.54) is 12.1 Å². The maximum Gasteiger partial charge on any atom is 0.229 e. The Labute approximate surface area is 305 Å². The molecule has 2 aliphatic rings. The Balaban J connectivity index is 1.10. The first-order valence-corrected chi connectivity index (χ1v) is 18.4. The average molecular weight is 715 g/mol. The number of methoxy groups -OCH3 is 3. The third-order valence-corrected chi connectivity index (χ3v) is 10.8. The molecule has 3 aromatic carbocycles. The number of likely N-dealkylation sites (tertiary alicyclic amines) is 2. The predicted molar refractivity (Wildman–Crippen MR) is 198 cm³/mol. The smallest absolute Gasteiger partial charge is 0.229 e. The Hall–Kier alpha value is -4.48. The van der Waals surface area contributed by atoms with Gasteiger partial charge in [0.05, 0.1) is 44.4 Å². The van der Waals surface area contributed by atoms with Gasteiger partial charge in [0.1, 0.15) is 5.82 Å². The number of para-hydroxylation sites is 2. The first-order valence-electron chi connectivity index (χ1n) is 18.4. The van der Waals surface area contributed by atoms with Gasteiger partial charge in [-0.3, -0.25) is 9.59 Å². The van der Waals surface area contributed by atoms with E-state index in [1.807, 2.05) is 52.8 Å². The molecule has 0 radical (unpaired) electrons. The predicted octanol–water partition coefficient (Wildman–Crippen LogP) is 6.57. The summed E-state index contributed by atoms with van der Waals surface area (Å²) in [6, 6.07) is 18.2. The number of imidazole rings is 1. The van der Waals surface area contributed by atoms with Gasteiger partial charge in [-0.25, -0.2) is 9.37 Å². The molecule has 278 valence electrons. The molecule has 2 fully saturated rings. The normalized spacial score (nSPS) is 18.3. The summed E-state index contributed by atoms with van der Waals surface area (Å²) in [6.45, 7) is 7.25. The molecule has 1 amide bonds. The van der Waals surface area contributed by atoms with Gasteiger partial charge in [0, 0.05) is 32.2 Å². The third-order valence-electron chi connectivity index (χ3n) is 10.8. The van der Waals surface area contributed by atoms with Crippen molar-refractivity contribution in [3.05, 3.63) is 83.4 Å². The van der Waals surface area contributed by atoms with E-state index in [9.17, 15) is 14.0 Å². The highest BCUT2D eigenvalue weighted by Gasteiger charge is 2.46. The molecular weight excluding hydrogens is 663 g/mol. The number of ether oxygens (including phenoxy) is 4. The highest BCUT2D eigenvalue weighted by atomic mass is 19.1. The second-order valence-electron chi connectivity index (χ2n) is 14.0. The van der Waals surface area contributed by atoms with E-state index in [0.29, 0.717) is 68.8 Å². The molecule has 4 aromatic rings. The number of carbonyl (C=O) groups excluding carboxylic acids is 2. The average Bonchev–Trinajstić information content (AvgIpc) is 3.68. The maximum absolute atomic E-state index is 14.3. The monoisotopic (exact) mass is 714 g/mol. The number of halogens is 1. The lowest BCUT2D eigenvalue weighted by Gasteiger charge is -2.33. The molecule has 11 heteroatoms. The van der Waals surface area contributed by atoms with Crippen LogP contribution in [0.2, 0.25) is 0 Å². The van der Waals surface area contributed by atoms with Crippen LogP contribution >= 0.6 is 0 Å². The highest BCUT2D eigenvalue weighted by molar-refractivity contribution is 5.98. The first-order chi connectivity index (χ1) is 25.3. The number of carbonyl (C=O) groups is 2. The van der Waals surface area contributed by atoms with Crippen LogP contribution < -0.4 is 14.2 Å². The molecule has 2 saturated heterocycles. The minimum atomic E-state index is -0.590. The number of aromatic nitrogens is 2. The summed E-state index contributed by atoms with van der Waals surface area (Å²) in [6.07, 6.45) is 4.38. The molecule has 0 aliphatic carbocycles. The SMILES string of the molecule is CCOCCn1c(C(=O)C2CCN(CCCC3(Cc4ccc(F)cc4)CCN(Cc4cc(OC)c(OC)c(OC)c4)C3=O)CC2)nc2ccccc21. The van der Waals surface area contributed by atoms with Gasteiger partial charge >= 0.3 is 0 Å². The molecule has 0 spiro atoms. The number of piperidine rings is 1. The molecule has 52 heavy (non-hydrogen) atoms. The summed E-state index contributed by atoms with van der Waals surface area (Å²) in [5.41, 5.74) is 3.05. The molecule has 0 saturated carbocycles. The van der Waals surface area contributed by atoms with E-state index in [-0.39, 0.29) is 23.4 Å². The number of ketones is 1. The van der Waals surface area contributed by atoms with E-state index in [4.69, 9.17) is 23.9 Å². The lowest BCUT2D eigenvalue weighted by Crippen LogP contribution is -2.39. The molecule has 1 aromatic heterocycles. The van der Waals surface area contributed by atoms with Gasteiger partial charge in [0.15, 0.2) is 17.3 Å². The van der Waals surface area contributed by atoms with E-state index in [0.717, 1.165) is 67.5 Å². The number of hydrogen-bond donors (Lipinski definition) is 0. The number of Topliss-reactive ketones (excluding diaryl/α,β-unsaturated/α-hetero) is 1. The van der Waals surface area contributed by atoms with Crippen molar-refractivity contribution in [3.63, 3.8) is 0 Å². The molecule has 3 heterocycles. The zero-order chi connectivity index (χ0) is 36.7. The lowest BCUT2D eigenvalue weighted by molar-refractivity contribution is -0.137. The van der Waals surface area contributed by atoms with Crippen LogP contribution in [0.1, 0.15) is 60.8 Å². The molecule has 10 nitrogen and oxygen atoms in total. The van der Waals surface area contributed by atoms with Crippen molar-refractivity contribution in [2.24, 2.45) is 11.3 Å². The Morgan fingerprint density at radius 3 is 2.31 bits per heavy atom. The van der Waals surface area contributed by atoms with E-state index >= 15 is 0 Å². The van der Waals surface area contributed by atoms with E-state index in [2.05, 4.69) is 4.90 Å². The molecule has 6 rings (SSSR count). The number of rotatable bonds is 17. The summed E-state index contributed by atoms with van der Waals surface area (Å²) in [7, 11) is 4.73. The van der Waals surface area contributed by atoms with Crippen molar-refractivity contribution < 1.29 is 32.9 Å². The Kier molecular flexibility index (Phi) is 12.1. The van der Waals surface area contributed by atoms with E-state index < -0.39 is 5.41 Å². The summed E-state index contributed by atoms with van der Waals surface area (Å²) < 4.78 is 38.1. The molecule has 1 unspecified atom stereocenters. The van der Waals surface area contributed by atoms with Crippen LogP contribution in [0.15, 0.2) is 60.7 Å². The zero-order valence-corrected chi connectivity index (χ0v) is 30.9. The van der Waals surface area contributed by atoms with E-state index in [1.54, 1.807) is 33.5 Å². The van der Waals surface area contributed by atoms with Gasteiger partial charge in [0.2, 0.25) is 17.4 Å². The second kappa shape index (κ2) is 16.9. The fraction of sp³-hybridized carbons (Fsp3) is 0.488. The van der Waals surface area contributed by atoms with Crippen molar-refractivity contribution in [2.75, 3.05) is 60.7 Å². The third kappa shape index (κ3) is 8.10. The first kappa shape index (κ1) is 37.3. The molecule has 2 aliphatic heterocycles. The van der Waals surface area contributed by atoms with Gasteiger partial charge in [-0.2, -0.15) is 0 Å². The molecular formula is C41H51FN4O6.